The number of nitrogens with zero attached hydrogens (tertiary/aromatic N) is 4. The number of rotatable bonds is 26. The molecule has 2 heterocycles. The summed E-state index contributed by atoms with van der Waals surface area (Å²) in [6, 6.07) is 19.0. The molecule has 3 aromatic carbocycles. The highest BCUT2D eigenvalue weighted by Gasteiger charge is 2.46. The van der Waals surface area contributed by atoms with Crippen molar-refractivity contribution >= 4 is 35.4 Å². The van der Waals surface area contributed by atoms with Gasteiger partial charge in [0.15, 0.2) is 0 Å². The monoisotopic (exact) mass is 1050 g/mol. The van der Waals surface area contributed by atoms with Crippen LogP contribution >= 0.6 is 0 Å². The van der Waals surface area contributed by atoms with Gasteiger partial charge in [0, 0.05) is 51.4 Å². The van der Waals surface area contributed by atoms with Gasteiger partial charge >= 0.3 is 24.2 Å². The maximum absolute atomic E-state index is 14.2. The number of amides is 6. The Morgan fingerprint density at radius 1 is 0.581 bits per heavy atom. The molecular formula is C52H68F6N8O8. The van der Waals surface area contributed by atoms with Crippen LogP contribution in [0.5, 0.6) is 0 Å². The molecule has 3 aromatic rings. The lowest BCUT2D eigenvalue weighted by Gasteiger charge is -2.33. The first kappa shape index (κ1) is 58.8. The van der Waals surface area contributed by atoms with Gasteiger partial charge in [-0.05, 0) is 88.7 Å². The standard InChI is InChI=1S/C52H68F6N8O8/c1-35(59-3)45(67)61-43(47(69)65-24-12-20-41(65)29-63(49(71)51(53,54)55)26-22-37-14-7-5-8-15-37)33-73-31-39-18-11-19-40(28-39)32-74-34-44(62-46(68)36(2)60-4)48(70)66-25-13-21-42(66)30-64(50(72)52(56,57)58)27-23-38-16-9-6-10-17-38/h5-11,14-19,28,35-36,41-44,59-60H,12-13,20-27,29-34H2,1-4H3,(H,61,67)(H,62,68)/t35-,36+,41-,42-,43-,44-/m0/s1. The highest BCUT2D eigenvalue weighted by atomic mass is 19.4. The fourth-order valence-corrected chi connectivity index (χ4v) is 8.87. The van der Waals surface area contributed by atoms with Crippen LogP contribution in [0.2, 0.25) is 0 Å². The van der Waals surface area contributed by atoms with E-state index < -0.39 is 84.0 Å². The van der Waals surface area contributed by atoms with E-state index in [1.165, 1.54) is 9.80 Å². The molecular weight excluding hydrogens is 979 g/mol. The average molecular weight is 1050 g/mol. The Morgan fingerprint density at radius 3 is 1.30 bits per heavy atom. The lowest BCUT2D eigenvalue weighted by molar-refractivity contribution is -0.186. The van der Waals surface area contributed by atoms with Crippen LogP contribution in [-0.4, -0.2) is 170 Å². The van der Waals surface area contributed by atoms with E-state index in [1.54, 1.807) is 113 Å². The molecule has 2 fully saturated rings. The third-order valence-corrected chi connectivity index (χ3v) is 13.2. The number of ether oxygens (including phenoxy) is 2. The number of benzene rings is 3. The molecule has 0 unspecified atom stereocenters. The Balaban J connectivity index is 1.23. The van der Waals surface area contributed by atoms with Gasteiger partial charge < -0.3 is 50.3 Å². The summed E-state index contributed by atoms with van der Waals surface area (Å²) in [7, 11) is 3.12. The molecule has 6 amide bonds. The second-order valence-electron chi connectivity index (χ2n) is 18.6. The van der Waals surface area contributed by atoms with Crippen molar-refractivity contribution in [2.75, 3.05) is 66.6 Å². The molecule has 0 bridgehead atoms. The largest absolute Gasteiger partial charge is 0.471 e. The summed E-state index contributed by atoms with van der Waals surface area (Å²) in [4.78, 5) is 84.2. The molecule has 4 N–H and O–H groups in total. The van der Waals surface area contributed by atoms with E-state index in [-0.39, 0.29) is 78.5 Å². The Labute approximate surface area is 427 Å². The first-order valence-electron chi connectivity index (χ1n) is 24.8. The zero-order valence-corrected chi connectivity index (χ0v) is 42.2. The molecule has 2 saturated heterocycles. The van der Waals surface area contributed by atoms with Gasteiger partial charge in [0.2, 0.25) is 23.6 Å². The third kappa shape index (κ3) is 17.5. The van der Waals surface area contributed by atoms with Crippen molar-refractivity contribution < 1.29 is 64.6 Å². The van der Waals surface area contributed by atoms with E-state index in [0.29, 0.717) is 36.8 Å². The zero-order chi connectivity index (χ0) is 54.0. The van der Waals surface area contributed by atoms with Crippen LogP contribution in [0, 0.1) is 0 Å². The number of nitrogens with one attached hydrogen (secondary N) is 4. The molecule has 74 heavy (non-hydrogen) atoms. The molecule has 0 aliphatic carbocycles. The summed E-state index contributed by atoms with van der Waals surface area (Å²) in [5.41, 5.74) is 2.73. The molecule has 5 rings (SSSR count). The number of hydrogen-bond acceptors (Lipinski definition) is 10. The smallest absolute Gasteiger partial charge is 0.374 e. The van der Waals surface area contributed by atoms with Crippen molar-refractivity contribution in [1.82, 2.24) is 40.9 Å². The van der Waals surface area contributed by atoms with Crippen molar-refractivity contribution in [1.29, 1.82) is 0 Å². The molecule has 0 spiro atoms. The number of carbonyl (C=O) groups is 6. The lowest BCUT2D eigenvalue weighted by Crippen LogP contribution is -2.57. The first-order chi connectivity index (χ1) is 35.2. The topological polar surface area (TPSA) is 182 Å². The van der Waals surface area contributed by atoms with Crippen LogP contribution in [0.3, 0.4) is 0 Å². The van der Waals surface area contributed by atoms with E-state index in [2.05, 4.69) is 21.3 Å². The van der Waals surface area contributed by atoms with Crippen LogP contribution in [0.25, 0.3) is 0 Å². The van der Waals surface area contributed by atoms with Gasteiger partial charge in [-0.3, -0.25) is 28.8 Å². The number of carbonyl (C=O) groups excluding carboxylic acids is 6. The van der Waals surface area contributed by atoms with Crippen molar-refractivity contribution in [3.63, 3.8) is 0 Å². The van der Waals surface area contributed by atoms with Crippen molar-refractivity contribution in [3.05, 3.63) is 107 Å². The van der Waals surface area contributed by atoms with E-state index in [4.69, 9.17) is 9.47 Å². The van der Waals surface area contributed by atoms with Crippen molar-refractivity contribution in [2.24, 2.45) is 0 Å². The fourth-order valence-electron chi connectivity index (χ4n) is 8.87. The SMILES string of the molecule is CN[C@@H](C)C(=O)N[C@@H](COCc1cccc(COC[C@H](NC(=O)[C@@H](C)NC)C(=O)N2CCC[C@H]2CN(CCc2ccccc2)C(=O)C(F)(F)F)c1)C(=O)N1CCC[C@H]1CN(CCc1ccccc1)C(=O)C(F)(F)F. The predicted molar refractivity (Wildman–Crippen MR) is 262 cm³/mol. The zero-order valence-electron chi connectivity index (χ0n) is 42.2. The minimum Gasteiger partial charge on any atom is -0.374 e. The molecule has 22 heteroatoms. The Kier molecular flexibility index (Phi) is 22.2. The summed E-state index contributed by atoms with van der Waals surface area (Å²) >= 11 is 0. The first-order valence-corrected chi connectivity index (χ1v) is 24.8. The molecule has 0 radical (unpaired) electrons. The summed E-state index contributed by atoms with van der Waals surface area (Å²) in [6.45, 7) is 1.62. The van der Waals surface area contributed by atoms with Crippen LogP contribution in [0.4, 0.5) is 26.3 Å². The van der Waals surface area contributed by atoms with Crippen molar-refractivity contribution in [3.8, 4) is 0 Å². The van der Waals surface area contributed by atoms with Gasteiger partial charge in [-0.1, -0.05) is 84.9 Å². The summed E-state index contributed by atoms with van der Waals surface area (Å²) in [6.07, 6.45) is -8.35. The summed E-state index contributed by atoms with van der Waals surface area (Å²) < 4.78 is 95.0. The van der Waals surface area contributed by atoms with Crippen LogP contribution < -0.4 is 21.3 Å². The van der Waals surface area contributed by atoms with Gasteiger partial charge in [-0.15, -0.1) is 0 Å². The second-order valence-corrected chi connectivity index (χ2v) is 18.6. The second kappa shape index (κ2) is 28.0. The number of likely N-dealkylation sites (N-methyl/N-ethyl adjacent to an activating group) is 2. The van der Waals surface area contributed by atoms with E-state index >= 15 is 0 Å². The Morgan fingerprint density at radius 2 is 0.946 bits per heavy atom. The van der Waals surface area contributed by atoms with Crippen molar-refractivity contribution in [2.45, 2.75) is 114 Å². The van der Waals surface area contributed by atoms with Gasteiger partial charge in [0.05, 0.1) is 38.5 Å². The predicted octanol–water partition coefficient (Wildman–Crippen LogP) is 4.15. The number of halogens is 6. The minimum atomic E-state index is -5.13. The Hall–Kier alpha value is -6.10. The van der Waals surface area contributed by atoms with Gasteiger partial charge in [0.1, 0.15) is 12.1 Å². The fraction of sp³-hybridized carbons (Fsp3) is 0.538. The lowest BCUT2D eigenvalue weighted by atomic mass is 10.1. The quantitative estimate of drug-likeness (QED) is 0.0854. The van der Waals surface area contributed by atoms with Gasteiger partial charge in [-0.2, -0.15) is 26.3 Å². The highest BCUT2D eigenvalue weighted by molar-refractivity contribution is 5.91. The van der Waals surface area contributed by atoms with Gasteiger partial charge in [-0.25, -0.2) is 0 Å². The number of likely N-dealkylation sites (tertiary alicyclic amines) is 2. The Bertz CT molecular complexity index is 2160. The molecule has 0 aromatic heterocycles. The van der Waals surface area contributed by atoms with Crippen LogP contribution in [0.15, 0.2) is 84.9 Å². The molecule has 2 aliphatic rings. The minimum absolute atomic E-state index is 0.0551. The summed E-state index contributed by atoms with van der Waals surface area (Å²) in [5, 5.41) is 11.0. The molecule has 406 valence electrons. The van der Waals surface area contributed by atoms with E-state index in [9.17, 15) is 55.1 Å². The normalized spacial score (nSPS) is 17.5. The molecule has 0 saturated carbocycles. The summed E-state index contributed by atoms with van der Waals surface area (Å²) in [5.74, 6) is -6.21. The average Bonchev–Trinajstić information content (AvgIpc) is 4.06. The molecule has 16 nitrogen and oxygen atoms in total. The van der Waals surface area contributed by atoms with Gasteiger partial charge in [0.25, 0.3) is 0 Å². The van der Waals surface area contributed by atoms with E-state index in [0.717, 1.165) is 20.9 Å². The third-order valence-electron chi connectivity index (χ3n) is 13.2. The molecule has 6 atom stereocenters. The van der Waals surface area contributed by atoms with Crippen LogP contribution in [0.1, 0.15) is 61.8 Å². The maximum Gasteiger partial charge on any atom is 0.471 e. The molecule has 2 aliphatic heterocycles. The highest BCUT2D eigenvalue weighted by Crippen LogP contribution is 2.26. The van der Waals surface area contributed by atoms with E-state index in [1.807, 2.05) is 0 Å². The number of alkyl halides is 6. The maximum atomic E-state index is 14.2. The number of hydrogen-bond donors (Lipinski definition) is 4. The van der Waals surface area contributed by atoms with Crippen LogP contribution in [-0.2, 0) is 64.3 Å².